The summed E-state index contributed by atoms with van der Waals surface area (Å²) in [6.07, 6.45) is -1.13. The monoisotopic (exact) mass is 779 g/mol. The number of carbonyl (C=O) groups is 5. The Kier molecular flexibility index (Phi) is 9.93. The molecule has 300 valence electrons. The van der Waals surface area contributed by atoms with Crippen LogP contribution in [0.15, 0.2) is 59.1 Å². The standard InChI is InChI=1S/C44H49N3O10/c1-23-29-17-16-28(47(40(51)55-42(2,3)4)41(52)56-43(5,6)7)20-25(29)18-26-19-27-21-30-34(46(8)9)36-33(39(45-57-36)54-22-24-14-12-11-13-15-24)38(50)44(30,53-10)37(49)32(27)35(48)31(23)26/h11-18,20,27,30,32,34H,19,21-22H2,1-10H3. The lowest BCUT2D eigenvalue weighted by Gasteiger charge is -2.52. The summed E-state index contributed by atoms with van der Waals surface area (Å²) in [6, 6.07) is 15.7. The molecule has 5 atom stereocenters. The number of hydrogen-bond acceptors (Lipinski definition) is 12. The number of amides is 2. The van der Waals surface area contributed by atoms with Gasteiger partial charge in [-0.1, -0.05) is 42.5 Å². The fourth-order valence-corrected chi connectivity index (χ4v) is 8.88. The highest BCUT2D eigenvalue weighted by Crippen LogP contribution is 2.56. The molecule has 0 N–H and O–H groups in total. The highest BCUT2D eigenvalue weighted by molar-refractivity contribution is 6.27. The van der Waals surface area contributed by atoms with Crippen molar-refractivity contribution in [2.24, 2.45) is 17.8 Å². The van der Waals surface area contributed by atoms with Gasteiger partial charge in [0.05, 0.1) is 17.6 Å². The van der Waals surface area contributed by atoms with Crippen LogP contribution in [0.3, 0.4) is 0 Å². The SMILES string of the molecule is COC12C(=O)c3c(OCc4ccccc4)noc3C(N(C)C)C1CC1Cc3cc4cc(N(C(=O)OC(C)(C)C)C(=O)OC(C)(C)C)ccc4c(C)c3C(=O)C1C2=O. The molecule has 13 nitrogen and oxygen atoms in total. The van der Waals surface area contributed by atoms with Crippen LogP contribution in [0.5, 0.6) is 5.88 Å². The van der Waals surface area contributed by atoms with E-state index < -0.39 is 64.4 Å². The lowest BCUT2D eigenvalue weighted by atomic mass is 9.54. The average Bonchev–Trinajstić information content (AvgIpc) is 3.53. The molecular weight excluding hydrogens is 730 g/mol. The van der Waals surface area contributed by atoms with Gasteiger partial charge in [-0.2, -0.15) is 4.90 Å². The van der Waals surface area contributed by atoms with E-state index in [0.29, 0.717) is 34.7 Å². The number of ether oxygens (including phenoxy) is 4. The molecule has 0 aliphatic heterocycles. The van der Waals surface area contributed by atoms with Gasteiger partial charge in [0.25, 0.3) is 5.88 Å². The van der Waals surface area contributed by atoms with Gasteiger partial charge >= 0.3 is 12.2 Å². The number of fused-ring (bicyclic) bond motifs is 5. The first-order valence-corrected chi connectivity index (χ1v) is 19.1. The third kappa shape index (κ3) is 6.80. The van der Waals surface area contributed by atoms with Gasteiger partial charge in [-0.05, 0) is 126 Å². The van der Waals surface area contributed by atoms with Crippen molar-refractivity contribution in [1.82, 2.24) is 10.1 Å². The number of benzene rings is 3. The topological polar surface area (TPSA) is 155 Å². The third-order valence-electron chi connectivity index (χ3n) is 11.1. The summed E-state index contributed by atoms with van der Waals surface area (Å²) in [7, 11) is 5.01. The number of carbonyl (C=O) groups excluding carboxylic acids is 5. The molecule has 2 amide bonds. The summed E-state index contributed by atoms with van der Waals surface area (Å²) >= 11 is 0. The van der Waals surface area contributed by atoms with E-state index in [2.05, 4.69) is 5.16 Å². The molecule has 0 radical (unpaired) electrons. The minimum atomic E-state index is -1.99. The molecule has 1 fully saturated rings. The number of anilines is 1. The smallest absolute Gasteiger partial charge is 0.424 e. The summed E-state index contributed by atoms with van der Waals surface area (Å²) in [5.74, 6) is -3.64. The van der Waals surface area contributed by atoms with Crippen LogP contribution in [0.25, 0.3) is 10.8 Å². The molecule has 1 aromatic heterocycles. The van der Waals surface area contributed by atoms with E-state index >= 15 is 4.79 Å². The highest BCUT2D eigenvalue weighted by Gasteiger charge is 2.68. The second-order valence-corrected chi connectivity index (χ2v) is 17.4. The molecule has 13 heteroatoms. The number of nitrogens with zero attached hydrogens (tertiary/aromatic N) is 3. The van der Waals surface area contributed by atoms with E-state index in [4.69, 9.17) is 23.5 Å². The number of aryl methyl sites for hydroxylation is 1. The molecule has 1 saturated carbocycles. The van der Waals surface area contributed by atoms with Crippen LogP contribution < -0.4 is 9.64 Å². The summed E-state index contributed by atoms with van der Waals surface area (Å²) in [6.45, 7) is 12.2. The Morgan fingerprint density at radius 1 is 0.912 bits per heavy atom. The maximum absolute atomic E-state index is 15.0. The Bertz CT molecular complexity index is 2270. The Labute approximate surface area is 331 Å². The second kappa shape index (κ2) is 14.2. The fourth-order valence-electron chi connectivity index (χ4n) is 8.88. The third-order valence-corrected chi connectivity index (χ3v) is 11.1. The molecule has 3 aliphatic rings. The van der Waals surface area contributed by atoms with Crippen LogP contribution in [-0.4, -0.2) is 77.6 Å². The first-order chi connectivity index (χ1) is 26.8. The molecule has 3 aromatic carbocycles. The molecule has 0 bridgehead atoms. The van der Waals surface area contributed by atoms with Crippen LogP contribution in [0, 0.1) is 24.7 Å². The van der Waals surface area contributed by atoms with E-state index in [1.54, 1.807) is 59.7 Å². The molecule has 5 unspecified atom stereocenters. The van der Waals surface area contributed by atoms with Crippen LogP contribution in [0.4, 0.5) is 15.3 Å². The second-order valence-electron chi connectivity index (χ2n) is 17.4. The molecular formula is C44H49N3O10. The van der Waals surface area contributed by atoms with Crippen molar-refractivity contribution >= 4 is 46.0 Å². The maximum atomic E-state index is 15.0. The largest absolute Gasteiger partial charge is 0.470 e. The summed E-state index contributed by atoms with van der Waals surface area (Å²) in [5, 5.41) is 5.53. The number of ketones is 3. The van der Waals surface area contributed by atoms with E-state index in [-0.39, 0.29) is 35.3 Å². The van der Waals surface area contributed by atoms with Crippen LogP contribution in [0.2, 0.25) is 0 Å². The molecule has 3 aliphatic carbocycles. The van der Waals surface area contributed by atoms with E-state index in [1.165, 1.54) is 7.11 Å². The van der Waals surface area contributed by atoms with Crippen molar-refractivity contribution < 1.29 is 47.4 Å². The average molecular weight is 780 g/mol. The lowest BCUT2D eigenvalue weighted by molar-refractivity contribution is -0.159. The lowest BCUT2D eigenvalue weighted by Crippen LogP contribution is -2.67. The van der Waals surface area contributed by atoms with Gasteiger partial charge in [-0.15, -0.1) is 0 Å². The van der Waals surface area contributed by atoms with Gasteiger partial charge in [0, 0.05) is 18.6 Å². The zero-order valence-corrected chi connectivity index (χ0v) is 34.1. The first kappa shape index (κ1) is 39.8. The molecule has 4 aromatic rings. The number of imide groups is 1. The van der Waals surface area contributed by atoms with Gasteiger partial charge in [-0.25, -0.2) is 9.59 Å². The first-order valence-electron chi connectivity index (χ1n) is 19.1. The van der Waals surface area contributed by atoms with Crippen molar-refractivity contribution in [3.05, 3.63) is 88.2 Å². The summed E-state index contributed by atoms with van der Waals surface area (Å²) < 4.78 is 29.1. The number of rotatable bonds is 6. The molecule has 1 heterocycles. The maximum Gasteiger partial charge on any atom is 0.424 e. The van der Waals surface area contributed by atoms with Crippen molar-refractivity contribution in [2.45, 2.75) is 90.8 Å². The molecule has 7 rings (SSSR count). The minimum Gasteiger partial charge on any atom is -0.470 e. The van der Waals surface area contributed by atoms with Crippen molar-refractivity contribution in [2.75, 3.05) is 26.1 Å². The van der Waals surface area contributed by atoms with Crippen molar-refractivity contribution in [1.29, 1.82) is 0 Å². The zero-order chi connectivity index (χ0) is 41.4. The molecule has 0 saturated heterocycles. The highest BCUT2D eigenvalue weighted by atomic mass is 16.6. The predicted octanol–water partition coefficient (Wildman–Crippen LogP) is 7.84. The minimum absolute atomic E-state index is 0.0330. The van der Waals surface area contributed by atoms with Crippen LogP contribution >= 0.6 is 0 Å². The quantitative estimate of drug-likeness (QED) is 0.175. The number of Topliss-reactive ketones (excluding diaryl/α,β-unsaturated/α-hetero) is 3. The Morgan fingerprint density at radius 3 is 2.16 bits per heavy atom. The zero-order valence-electron chi connectivity index (χ0n) is 34.1. The van der Waals surface area contributed by atoms with E-state index in [0.717, 1.165) is 16.0 Å². The van der Waals surface area contributed by atoms with Gasteiger partial charge in [0.2, 0.25) is 5.78 Å². The van der Waals surface area contributed by atoms with Crippen molar-refractivity contribution in [3.63, 3.8) is 0 Å². The predicted molar refractivity (Wildman–Crippen MR) is 210 cm³/mol. The van der Waals surface area contributed by atoms with E-state index in [1.807, 2.05) is 62.3 Å². The Hall–Kier alpha value is -5.40. The Morgan fingerprint density at radius 2 is 1.56 bits per heavy atom. The van der Waals surface area contributed by atoms with Crippen LogP contribution in [0.1, 0.15) is 97.2 Å². The fraction of sp³-hybridized carbons (Fsp3) is 0.455. The molecule has 0 spiro atoms. The van der Waals surface area contributed by atoms with Gasteiger partial charge < -0.3 is 23.5 Å². The summed E-state index contributed by atoms with van der Waals surface area (Å²) in [4.78, 5) is 74.2. The van der Waals surface area contributed by atoms with Gasteiger partial charge in [0.1, 0.15) is 23.4 Å². The normalized spacial score (nSPS) is 23.0. The molecule has 57 heavy (non-hydrogen) atoms. The Balaban J connectivity index is 1.28. The van der Waals surface area contributed by atoms with Crippen molar-refractivity contribution in [3.8, 4) is 5.88 Å². The number of methoxy groups -OCH3 is 1. The van der Waals surface area contributed by atoms with E-state index in [9.17, 15) is 19.2 Å². The summed E-state index contributed by atoms with van der Waals surface area (Å²) in [5.41, 5.74) is -0.861. The number of aromatic nitrogens is 1. The van der Waals surface area contributed by atoms with Gasteiger partial charge in [-0.3, -0.25) is 19.3 Å². The van der Waals surface area contributed by atoms with Gasteiger partial charge in [0.15, 0.2) is 22.9 Å². The van der Waals surface area contributed by atoms with Crippen LogP contribution in [-0.2, 0) is 32.0 Å². The number of hydrogen-bond donors (Lipinski definition) is 0.